The number of amides is 2. The summed E-state index contributed by atoms with van der Waals surface area (Å²) in [4.78, 5) is 32.1. The van der Waals surface area contributed by atoms with Gasteiger partial charge in [-0.3, -0.25) is 14.5 Å². The molecule has 2 heterocycles. The predicted octanol–water partition coefficient (Wildman–Crippen LogP) is 5.13. The number of nitrogens with one attached hydrogen (secondary N) is 1. The summed E-state index contributed by atoms with van der Waals surface area (Å²) in [7, 11) is 0. The first kappa shape index (κ1) is 26.2. The molecule has 0 bridgehead atoms. The minimum atomic E-state index is -0.0764. The summed E-state index contributed by atoms with van der Waals surface area (Å²) in [6, 6.07) is 23.7. The number of thioether (sulfide) groups is 1. The smallest absolute Gasteiger partial charge is 0.265 e. The zero-order valence-corrected chi connectivity index (χ0v) is 22.5. The highest BCUT2D eigenvalue weighted by Gasteiger charge is 2.29. The van der Waals surface area contributed by atoms with E-state index >= 15 is 0 Å². The van der Waals surface area contributed by atoms with Crippen LogP contribution in [0.5, 0.6) is 0 Å². The Morgan fingerprint density at radius 3 is 2.50 bits per heavy atom. The van der Waals surface area contributed by atoms with Crippen LogP contribution in [0, 0.1) is 6.92 Å². The molecule has 0 atom stereocenters. The van der Waals surface area contributed by atoms with Crippen LogP contribution >= 0.6 is 11.8 Å². The summed E-state index contributed by atoms with van der Waals surface area (Å²) in [5.41, 5.74) is 4.72. The third kappa shape index (κ3) is 6.54. The van der Waals surface area contributed by atoms with Crippen LogP contribution < -0.4 is 10.2 Å². The largest absolute Gasteiger partial charge is 0.379 e. The number of hydrogen-bond acceptors (Lipinski definition) is 5. The zero-order chi connectivity index (χ0) is 26.3. The van der Waals surface area contributed by atoms with E-state index in [-0.39, 0.29) is 11.8 Å². The van der Waals surface area contributed by atoms with Crippen LogP contribution in [0.25, 0.3) is 6.08 Å². The normalized spacial score (nSPS) is 16.9. The number of aryl methyl sites for hydroxylation is 1. The van der Waals surface area contributed by atoms with Crippen LogP contribution in [0.3, 0.4) is 0 Å². The number of benzene rings is 3. The topological polar surface area (TPSA) is 61.9 Å². The molecular weight excluding hydrogens is 494 g/mol. The first-order valence-electron chi connectivity index (χ1n) is 13.1. The molecule has 1 N–H and O–H groups in total. The Bertz CT molecular complexity index is 1300. The maximum absolute atomic E-state index is 13.6. The molecule has 3 aromatic rings. The summed E-state index contributed by atoms with van der Waals surface area (Å²) in [5, 5.41) is 3.01. The number of nitrogens with zero attached hydrogens (tertiary/aromatic N) is 2. The van der Waals surface area contributed by atoms with Crippen LogP contribution in [0.2, 0.25) is 0 Å². The minimum absolute atomic E-state index is 0.0173. The molecule has 6 nitrogen and oxygen atoms in total. The van der Waals surface area contributed by atoms with E-state index in [0.717, 1.165) is 61.0 Å². The Kier molecular flexibility index (Phi) is 8.58. The summed E-state index contributed by atoms with van der Waals surface area (Å²) < 4.78 is 5.38. The molecule has 38 heavy (non-hydrogen) atoms. The third-order valence-electron chi connectivity index (χ3n) is 6.80. The van der Waals surface area contributed by atoms with Crippen molar-refractivity contribution in [2.45, 2.75) is 24.8 Å². The molecule has 196 valence electrons. The first-order chi connectivity index (χ1) is 18.6. The van der Waals surface area contributed by atoms with Crippen molar-refractivity contribution in [1.29, 1.82) is 0 Å². The highest BCUT2D eigenvalue weighted by Crippen LogP contribution is 2.42. The summed E-state index contributed by atoms with van der Waals surface area (Å²) in [6.07, 6.45) is 2.82. The number of para-hydroxylation sites is 1. The molecule has 2 aliphatic heterocycles. The van der Waals surface area contributed by atoms with Crippen molar-refractivity contribution in [3.8, 4) is 0 Å². The summed E-state index contributed by atoms with van der Waals surface area (Å²) in [6.45, 7) is 7.67. The number of rotatable bonds is 8. The van der Waals surface area contributed by atoms with Crippen molar-refractivity contribution in [1.82, 2.24) is 10.2 Å². The molecule has 2 aliphatic rings. The van der Waals surface area contributed by atoms with Gasteiger partial charge in [-0.25, -0.2) is 0 Å². The number of morpholine rings is 1. The Labute approximate surface area is 228 Å². The second-order valence-corrected chi connectivity index (χ2v) is 10.7. The Balaban J connectivity index is 1.24. The highest BCUT2D eigenvalue weighted by atomic mass is 32.2. The standard InChI is InChI=1S/C31H33N3O3S/c1-23-7-9-25(10-8-23)22-34-27-5-2-3-6-28(27)38-29(31(34)36)21-24-11-13-26(14-12-24)30(35)32-15-4-16-33-17-19-37-20-18-33/h2-3,5-14,21H,4,15-20,22H2,1H3,(H,32,35). The second kappa shape index (κ2) is 12.4. The molecule has 1 saturated heterocycles. The monoisotopic (exact) mass is 527 g/mol. The second-order valence-electron chi connectivity index (χ2n) is 9.64. The highest BCUT2D eigenvalue weighted by molar-refractivity contribution is 8.04. The van der Waals surface area contributed by atoms with E-state index in [0.29, 0.717) is 23.6 Å². The molecular formula is C31H33N3O3S. The summed E-state index contributed by atoms with van der Waals surface area (Å²) >= 11 is 1.49. The maximum Gasteiger partial charge on any atom is 0.265 e. The fourth-order valence-electron chi connectivity index (χ4n) is 4.61. The number of carbonyl (C=O) groups is 2. The third-order valence-corrected chi connectivity index (χ3v) is 7.88. The van der Waals surface area contributed by atoms with Gasteiger partial charge in [-0.2, -0.15) is 0 Å². The number of hydrogen-bond donors (Lipinski definition) is 1. The fraction of sp³-hybridized carbons (Fsp3) is 0.290. The van der Waals surface area contributed by atoms with E-state index in [2.05, 4.69) is 47.5 Å². The van der Waals surface area contributed by atoms with E-state index < -0.39 is 0 Å². The van der Waals surface area contributed by atoms with E-state index in [4.69, 9.17) is 4.74 Å². The van der Waals surface area contributed by atoms with Gasteiger partial charge in [-0.1, -0.05) is 65.9 Å². The van der Waals surface area contributed by atoms with Crippen LogP contribution in [-0.2, 0) is 16.1 Å². The molecule has 7 heteroatoms. The molecule has 0 spiro atoms. The molecule has 2 amide bonds. The SMILES string of the molecule is Cc1ccc(CN2C(=O)C(=Cc3ccc(C(=O)NCCCN4CCOCC4)cc3)Sc3ccccc32)cc1. The van der Waals surface area contributed by atoms with Gasteiger partial charge in [0.1, 0.15) is 0 Å². The van der Waals surface area contributed by atoms with Gasteiger partial charge in [0.2, 0.25) is 0 Å². The van der Waals surface area contributed by atoms with Gasteiger partial charge in [-0.05, 0) is 61.4 Å². The van der Waals surface area contributed by atoms with Crippen LogP contribution in [0.15, 0.2) is 82.6 Å². The first-order valence-corrected chi connectivity index (χ1v) is 13.9. The van der Waals surface area contributed by atoms with Gasteiger partial charge in [0.25, 0.3) is 11.8 Å². The van der Waals surface area contributed by atoms with Crippen molar-refractivity contribution >= 4 is 35.3 Å². The molecule has 0 unspecified atom stereocenters. The maximum atomic E-state index is 13.6. The molecule has 0 radical (unpaired) electrons. The molecule has 0 aromatic heterocycles. The Morgan fingerprint density at radius 1 is 1.00 bits per heavy atom. The summed E-state index contributed by atoms with van der Waals surface area (Å²) in [5.74, 6) is -0.0936. The van der Waals surface area contributed by atoms with E-state index in [1.807, 2.05) is 53.4 Å². The van der Waals surface area contributed by atoms with Gasteiger partial charge < -0.3 is 15.0 Å². The molecule has 5 rings (SSSR count). The van der Waals surface area contributed by atoms with Crippen molar-refractivity contribution in [3.63, 3.8) is 0 Å². The molecule has 3 aromatic carbocycles. The Morgan fingerprint density at radius 2 is 1.74 bits per heavy atom. The molecule has 0 aliphatic carbocycles. The van der Waals surface area contributed by atoms with Crippen LogP contribution in [0.4, 0.5) is 5.69 Å². The number of fused-ring (bicyclic) bond motifs is 1. The minimum Gasteiger partial charge on any atom is -0.379 e. The predicted molar refractivity (Wildman–Crippen MR) is 153 cm³/mol. The fourth-order valence-corrected chi connectivity index (χ4v) is 5.67. The average molecular weight is 528 g/mol. The quantitative estimate of drug-likeness (QED) is 0.325. The number of carbonyl (C=O) groups excluding carboxylic acids is 2. The van der Waals surface area contributed by atoms with Crippen LogP contribution in [-0.4, -0.2) is 56.1 Å². The lowest BCUT2D eigenvalue weighted by atomic mass is 10.1. The lowest BCUT2D eigenvalue weighted by Gasteiger charge is -2.30. The van der Waals surface area contributed by atoms with Gasteiger partial charge in [-0.15, -0.1) is 0 Å². The van der Waals surface area contributed by atoms with E-state index in [1.165, 1.54) is 17.3 Å². The number of anilines is 1. The van der Waals surface area contributed by atoms with Gasteiger partial charge in [0, 0.05) is 30.1 Å². The molecule has 1 fully saturated rings. The lowest BCUT2D eigenvalue weighted by molar-refractivity contribution is -0.114. The van der Waals surface area contributed by atoms with E-state index in [9.17, 15) is 9.59 Å². The van der Waals surface area contributed by atoms with Crippen LogP contribution in [0.1, 0.15) is 33.5 Å². The van der Waals surface area contributed by atoms with Gasteiger partial charge in [0.15, 0.2) is 0 Å². The molecule has 0 saturated carbocycles. The van der Waals surface area contributed by atoms with Crippen molar-refractivity contribution in [2.75, 3.05) is 44.3 Å². The Hall–Kier alpha value is -3.39. The van der Waals surface area contributed by atoms with Crippen molar-refractivity contribution in [2.24, 2.45) is 0 Å². The average Bonchev–Trinajstić information content (AvgIpc) is 2.95. The lowest BCUT2D eigenvalue weighted by Crippen LogP contribution is -2.38. The van der Waals surface area contributed by atoms with Gasteiger partial charge in [0.05, 0.1) is 30.4 Å². The number of ether oxygens (including phenoxy) is 1. The van der Waals surface area contributed by atoms with E-state index in [1.54, 1.807) is 0 Å². The zero-order valence-electron chi connectivity index (χ0n) is 21.7. The van der Waals surface area contributed by atoms with Crippen molar-refractivity contribution < 1.29 is 14.3 Å². The van der Waals surface area contributed by atoms with Crippen molar-refractivity contribution in [3.05, 3.63) is 100.0 Å². The van der Waals surface area contributed by atoms with Gasteiger partial charge >= 0.3 is 0 Å².